The summed E-state index contributed by atoms with van der Waals surface area (Å²) in [7, 11) is 0. The van der Waals surface area contributed by atoms with Crippen LogP contribution in [0.4, 0.5) is 0 Å². The van der Waals surface area contributed by atoms with Gasteiger partial charge in [0.2, 0.25) is 0 Å². The van der Waals surface area contributed by atoms with Crippen LogP contribution in [0.1, 0.15) is 42.0 Å². The van der Waals surface area contributed by atoms with Gasteiger partial charge in [0.15, 0.2) is 0 Å². The van der Waals surface area contributed by atoms with Crippen molar-refractivity contribution in [2.24, 2.45) is 0 Å². The summed E-state index contributed by atoms with van der Waals surface area (Å²) in [6.07, 6.45) is 0. The van der Waals surface area contributed by atoms with Crippen LogP contribution in [0.3, 0.4) is 0 Å². The van der Waals surface area contributed by atoms with Crippen LogP contribution >= 0.6 is 0 Å². The van der Waals surface area contributed by atoms with Crippen LogP contribution in [-0.2, 0) is 0 Å². The van der Waals surface area contributed by atoms with Crippen LogP contribution in [-0.4, -0.2) is 5.11 Å². The standard InChI is InChI=1S/C18H18O/c1-13(2)18-11-8-16(12-14(18)3)5-4-15-6-9-17(19)10-7-15/h6-13,19H,1-3H3. The summed E-state index contributed by atoms with van der Waals surface area (Å²) in [5.41, 5.74) is 4.58. The number of aryl methyl sites for hydroxylation is 1. The van der Waals surface area contributed by atoms with Crippen molar-refractivity contribution in [3.63, 3.8) is 0 Å². The summed E-state index contributed by atoms with van der Waals surface area (Å²) in [5, 5.41) is 9.21. The van der Waals surface area contributed by atoms with Gasteiger partial charge in [0.25, 0.3) is 0 Å². The Morgan fingerprint density at radius 3 is 2.05 bits per heavy atom. The molecule has 0 saturated carbocycles. The Morgan fingerprint density at radius 1 is 0.895 bits per heavy atom. The molecule has 0 heterocycles. The molecule has 0 radical (unpaired) electrons. The number of phenols is 1. The van der Waals surface area contributed by atoms with E-state index in [1.165, 1.54) is 11.1 Å². The number of hydrogen-bond donors (Lipinski definition) is 1. The van der Waals surface area contributed by atoms with E-state index in [4.69, 9.17) is 0 Å². The molecule has 1 N–H and O–H groups in total. The second kappa shape index (κ2) is 5.63. The number of aromatic hydroxyl groups is 1. The quantitative estimate of drug-likeness (QED) is 0.751. The molecule has 0 aliphatic carbocycles. The largest absolute Gasteiger partial charge is 0.508 e. The predicted octanol–water partition coefficient (Wildman–Crippen LogP) is 4.22. The topological polar surface area (TPSA) is 20.2 Å². The molecule has 19 heavy (non-hydrogen) atoms. The van der Waals surface area contributed by atoms with Crippen molar-refractivity contribution in [2.45, 2.75) is 26.7 Å². The lowest BCUT2D eigenvalue weighted by Gasteiger charge is -2.09. The fraction of sp³-hybridized carbons (Fsp3) is 0.222. The summed E-state index contributed by atoms with van der Waals surface area (Å²) in [5.74, 6) is 7.07. The highest BCUT2D eigenvalue weighted by Crippen LogP contribution is 2.19. The molecule has 0 fully saturated rings. The van der Waals surface area contributed by atoms with E-state index in [-0.39, 0.29) is 5.75 Å². The maximum absolute atomic E-state index is 9.21. The molecular formula is C18H18O. The second-order valence-electron chi connectivity index (χ2n) is 5.02. The number of benzene rings is 2. The van der Waals surface area contributed by atoms with Crippen LogP contribution in [0.15, 0.2) is 42.5 Å². The summed E-state index contributed by atoms with van der Waals surface area (Å²) >= 11 is 0. The van der Waals surface area contributed by atoms with Crippen molar-refractivity contribution >= 4 is 0 Å². The first-order valence-corrected chi connectivity index (χ1v) is 6.48. The van der Waals surface area contributed by atoms with E-state index in [1.54, 1.807) is 12.1 Å². The van der Waals surface area contributed by atoms with E-state index in [1.807, 2.05) is 12.1 Å². The third-order valence-corrected chi connectivity index (χ3v) is 3.11. The third-order valence-electron chi connectivity index (χ3n) is 3.11. The molecule has 0 saturated heterocycles. The fourth-order valence-corrected chi connectivity index (χ4v) is 2.09. The zero-order valence-electron chi connectivity index (χ0n) is 11.6. The fourth-order valence-electron chi connectivity index (χ4n) is 2.09. The van der Waals surface area contributed by atoms with Gasteiger partial charge >= 0.3 is 0 Å². The first-order chi connectivity index (χ1) is 9.06. The third kappa shape index (κ3) is 3.39. The summed E-state index contributed by atoms with van der Waals surface area (Å²) in [4.78, 5) is 0. The van der Waals surface area contributed by atoms with Gasteiger partial charge in [0.05, 0.1) is 0 Å². The molecule has 0 atom stereocenters. The maximum Gasteiger partial charge on any atom is 0.115 e. The molecule has 0 aliphatic rings. The molecule has 1 nitrogen and oxygen atoms in total. The van der Waals surface area contributed by atoms with Crippen LogP contribution in [0.2, 0.25) is 0 Å². The lowest BCUT2D eigenvalue weighted by molar-refractivity contribution is 0.475. The Bertz CT molecular complexity index is 625. The Balaban J connectivity index is 2.25. The Hall–Kier alpha value is -2.20. The van der Waals surface area contributed by atoms with E-state index in [2.05, 4.69) is 50.8 Å². The zero-order valence-corrected chi connectivity index (χ0v) is 11.6. The van der Waals surface area contributed by atoms with Crippen LogP contribution in [0.25, 0.3) is 0 Å². The molecule has 2 aromatic carbocycles. The van der Waals surface area contributed by atoms with Crippen LogP contribution in [0, 0.1) is 18.8 Å². The van der Waals surface area contributed by atoms with Crippen molar-refractivity contribution in [3.8, 4) is 17.6 Å². The highest BCUT2D eigenvalue weighted by atomic mass is 16.3. The number of hydrogen-bond acceptors (Lipinski definition) is 1. The van der Waals surface area contributed by atoms with Gasteiger partial charge in [-0.3, -0.25) is 0 Å². The maximum atomic E-state index is 9.21. The van der Waals surface area contributed by atoms with Gasteiger partial charge in [0.1, 0.15) is 5.75 Å². The summed E-state index contributed by atoms with van der Waals surface area (Å²) in [6, 6.07) is 13.3. The SMILES string of the molecule is Cc1cc(C#Cc2ccc(O)cc2)ccc1C(C)C. The highest BCUT2D eigenvalue weighted by Gasteiger charge is 2.02. The van der Waals surface area contributed by atoms with Gasteiger partial charge in [-0.25, -0.2) is 0 Å². The zero-order chi connectivity index (χ0) is 13.8. The molecule has 0 aliphatic heterocycles. The first kappa shape index (κ1) is 13.2. The normalized spacial score (nSPS) is 10.1. The van der Waals surface area contributed by atoms with Gasteiger partial charge in [-0.1, -0.05) is 31.8 Å². The number of phenolic OH excluding ortho intramolecular Hbond substituents is 1. The van der Waals surface area contributed by atoms with E-state index in [0.29, 0.717) is 5.92 Å². The molecule has 0 aromatic heterocycles. The molecule has 0 spiro atoms. The van der Waals surface area contributed by atoms with Crippen molar-refractivity contribution in [3.05, 3.63) is 64.7 Å². The smallest absolute Gasteiger partial charge is 0.115 e. The molecular weight excluding hydrogens is 232 g/mol. The monoisotopic (exact) mass is 250 g/mol. The minimum Gasteiger partial charge on any atom is -0.508 e. The number of rotatable bonds is 1. The van der Waals surface area contributed by atoms with Crippen molar-refractivity contribution < 1.29 is 5.11 Å². The van der Waals surface area contributed by atoms with Gasteiger partial charge in [-0.2, -0.15) is 0 Å². The van der Waals surface area contributed by atoms with Gasteiger partial charge in [-0.05, 0) is 60.4 Å². The Labute approximate surface area is 114 Å². The molecule has 2 rings (SSSR count). The minimum atomic E-state index is 0.266. The average molecular weight is 250 g/mol. The first-order valence-electron chi connectivity index (χ1n) is 6.48. The van der Waals surface area contributed by atoms with E-state index in [0.717, 1.165) is 11.1 Å². The van der Waals surface area contributed by atoms with Gasteiger partial charge < -0.3 is 5.11 Å². The highest BCUT2D eigenvalue weighted by molar-refractivity contribution is 5.46. The molecule has 0 unspecified atom stereocenters. The molecule has 0 amide bonds. The minimum absolute atomic E-state index is 0.266. The van der Waals surface area contributed by atoms with Gasteiger partial charge in [-0.15, -0.1) is 0 Å². The van der Waals surface area contributed by atoms with Gasteiger partial charge in [0, 0.05) is 11.1 Å². The van der Waals surface area contributed by atoms with Crippen molar-refractivity contribution in [1.29, 1.82) is 0 Å². The summed E-state index contributed by atoms with van der Waals surface area (Å²) in [6.45, 7) is 6.52. The average Bonchev–Trinajstić information content (AvgIpc) is 2.37. The second-order valence-corrected chi connectivity index (χ2v) is 5.02. The lowest BCUT2D eigenvalue weighted by atomic mass is 9.96. The van der Waals surface area contributed by atoms with Crippen molar-refractivity contribution in [2.75, 3.05) is 0 Å². The molecule has 0 bridgehead atoms. The Morgan fingerprint density at radius 2 is 1.47 bits per heavy atom. The Kier molecular flexibility index (Phi) is 3.92. The van der Waals surface area contributed by atoms with E-state index >= 15 is 0 Å². The van der Waals surface area contributed by atoms with Crippen LogP contribution in [0.5, 0.6) is 5.75 Å². The molecule has 96 valence electrons. The predicted molar refractivity (Wildman–Crippen MR) is 79.4 cm³/mol. The summed E-state index contributed by atoms with van der Waals surface area (Å²) < 4.78 is 0. The van der Waals surface area contributed by atoms with E-state index in [9.17, 15) is 5.11 Å². The lowest BCUT2D eigenvalue weighted by Crippen LogP contribution is -1.92. The van der Waals surface area contributed by atoms with Crippen molar-refractivity contribution in [1.82, 2.24) is 0 Å². The van der Waals surface area contributed by atoms with Crippen LogP contribution < -0.4 is 0 Å². The molecule has 2 aromatic rings. The van der Waals surface area contributed by atoms with E-state index < -0.39 is 0 Å². The molecule has 1 heteroatoms.